The van der Waals surface area contributed by atoms with Crippen molar-refractivity contribution in [3.63, 3.8) is 0 Å². The Morgan fingerprint density at radius 2 is 1.50 bits per heavy atom. The Kier molecular flexibility index (Phi) is 8.74. The maximum atomic E-state index is 3.86. The van der Waals surface area contributed by atoms with Gasteiger partial charge in [-0.05, 0) is 25.8 Å². The molecular formula is C17H37N3. The van der Waals surface area contributed by atoms with Gasteiger partial charge in [0.15, 0.2) is 0 Å². The Balaban J connectivity index is 2.45. The second-order valence-corrected chi connectivity index (χ2v) is 6.83. The number of hydrogen-bond acceptors (Lipinski definition) is 3. The van der Waals surface area contributed by atoms with Crippen molar-refractivity contribution in [2.75, 3.05) is 39.8 Å². The van der Waals surface area contributed by atoms with E-state index in [1.54, 1.807) is 0 Å². The summed E-state index contributed by atoms with van der Waals surface area (Å²) in [5, 5.41) is 3.86. The summed E-state index contributed by atoms with van der Waals surface area (Å²) in [5.41, 5.74) is 0. The Bertz CT molecular complexity index is 228. The zero-order chi connectivity index (χ0) is 15.0. The highest BCUT2D eigenvalue weighted by Crippen LogP contribution is 2.14. The lowest BCUT2D eigenvalue weighted by molar-refractivity contribution is 0.0855. The molecule has 0 radical (unpaired) electrons. The fourth-order valence-electron chi connectivity index (χ4n) is 3.27. The first-order valence-corrected chi connectivity index (χ1v) is 8.74. The summed E-state index contributed by atoms with van der Waals surface area (Å²) in [6.07, 6.45) is 5.22. The SMILES string of the molecule is CCCC(CCC)NCC(C(C)C)N1CCN(C)CC1. The quantitative estimate of drug-likeness (QED) is 0.702. The summed E-state index contributed by atoms with van der Waals surface area (Å²) in [4.78, 5) is 5.14. The van der Waals surface area contributed by atoms with Crippen molar-refractivity contribution in [2.24, 2.45) is 5.92 Å². The summed E-state index contributed by atoms with van der Waals surface area (Å²) in [5.74, 6) is 0.731. The van der Waals surface area contributed by atoms with Crippen LogP contribution in [0.5, 0.6) is 0 Å². The second kappa shape index (κ2) is 9.75. The highest BCUT2D eigenvalue weighted by molar-refractivity contribution is 4.82. The van der Waals surface area contributed by atoms with E-state index >= 15 is 0 Å². The van der Waals surface area contributed by atoms with Gasteiger partial charge in [0.25, 0.3) is 0 Å². The molecule has 1 fully saturated rings. The average molecular weight is 284 g/mol. The van der Waals surface area contributed by atoms with Crippen LogP contribution in [0, 0.1) is 5.92 Å². The van der Waals surface area contributed by atoms with Crippen LogP contribution >= 0.6 is 0 Å². The molecule has 3 nitrogen and oxygen atoms in total. The van der Waals surface area contributed by atoms with Gasteiger partial charge in [-0.1, -0.05) is 40.5 Å². The average Bonchev–Trinajstić information content (AvgIpc) is 2.41. The van der Waals surface area contributed by atoms with E-state index in [0.717, 1.165) is 18.5 Å². The number of nitrogens with one attached hydrogen (secondary N) is 1. The topological polar surface area (TPSA) is 18.5 Å². The van der Waals surface area contributed by atoms with Gasteiger partial charge in [-0.15, -0.1) is 0 Å². The summed E-state index contributed by atoms with van der Waals surface area (Å²) in [6, 6.07) is 1.42. The predicted octanol–water partition coefficient (Wildman–Crippen LogP) is 2.82. The first-order valence-electron chi connectivity index (χ1n) is 8.74. The van der Waals surface area contributed by atoms with Gasteiger partial charge in [-0.25, -0.2) is 0 Å². The lowest BCUT2D eigenvalue weighted by atomic mass is 10.00. The number of rotatable bonds is 9. The number of nitrogens with zero attached hydrogens (tertiary/aromatic N) is 2. The third kappa shape index (κ3) is 6.11. The third-order valence-corrected chi connectivity index (χ3v) is 4.67. The molecular weight excluding hydrogens is 246 g/mol. The van der Waals surface area contributed by atoms with Crippen LogP contribution in [0.25, 0.3) is 0 Å². The maximum absolute atomic E-state index is 3.86. The minimum Gasteiger partial charge on any atom is -0.312 e. The minimum atomic E-state index is 0.694. The predicted molar refractivity (Wildman–Crippen MR) is 89.3 cm³/mol. The van der Waals surface area contributed by atoms with Crippen LogP contribution in [0.3, 0.4) is 0 Å². The van der Waals surface area contributed by atoms with Gasteiger partial charge in [0.2, 0.25) is 0 Å². The monoisotopic (exact) mass is 283 g/mol. The molecule has 1 saturated heterocycles. The molecule has 0 bridgehead atoms. The van der Waals surface area contributed by atoms with Gasteiger partial charge in [0, 0.05) is 44.8 Å². The standard InChI is InChI=1S/C17H37N3/c1-6-8-16(9-7-2)18-14-17(15(3)4)20-12-10-19(5)11-13-20/h15-18H,6-14H2,1-5H3. The van der Waals surface area contributed by atoms with Crippen LogP contribution < -0.4 is 5.32 Å². The Hall–Kier alpha value is -0.120. The molecule has 1 N–H and O–H groups in total. The molecule has 20 heavy (non-hydrogen) atoms. The van der Waals surface area contributed by atoms with E-state index in [4.69, 9.17) is 0 Å². The maximum Gasteiger partial charge on any atom is 0.0244 e. The number of likely N-dealkylation sites (N-methyl/N-ethyl adjacent to an activating group) is 1. The van der Waals surface area contributed by atoms with Crippen LogP contribution in [0.4, 0.5) is 0 Å². The second-order valence-electron chi connectivity index (χ2n) is 6.83. The fourth-order valence-corrected chi connectivity index (χ4v) is 3.27. The van der Waals surface area contributed by atoms with E-state index < -0.39 is 0 Å². The van der Waals surface area contributed by atoms with Crippen LogP contribution in [0.15, 0.2) is 0 Å². The van der Waals surface area contributed by atoms with Crippen LogP contribution in [-0.2, 0) is 0 Å². The van der Waals surface area contributed by atoms with E-state index in [1.807, 2.05) is 0 Å². The molecule has 0 amide bonds. The molecule has 0 aromatic rings. The first-order chi connectivity index (χ1) is 9.58. The molecule has 1 atom stereocenters. The van der Waals surface area contributed by atoms with Gasteiger partial charge >= 0.3 is 0 Å². The van der Waals surface area contributed by atoms with Gasteiger partial charge < -0.3 is 10.2 Å². The lowest BCUT2D eigenvalue weighted by Crippen LogP contribution is -2.54. The number of hydrogen-bond donors (Lipinski definition) is 1. The van der Waals surface area contributed by atoms with Gasteiger partial charge in [-0.3, -0.25) is 4.90 Å². The van der Waals surface area contributed by atoms with Crippen molar-refractivity contribution in [3.05, 3.63) is 0 Å². The molecule has 0 aromatic heterocycles. The van der Waals surface area contributed by atoms with Gasteiger partial charge in [-0.2, -0.15) is 0 Å². The minimum absolute atomic E-state index is 0.694. The molecule has 1 unspecified atom stereocenters. The Labute approximate surface area is 127 Å². The van der Waals surface area contributed by atoms with Gasteiger partial charge in [0.05, 0.1) is 0 Å². The van der Waals surface area contributed by atoms with Crippen molar-refractivity contribution >= 4 is 0 Å². The molecule has 120 valence electrons. The molecule has 0 aliphatic carbocycles. The molecule has 1 aliphatic heterocycles. The summed E-state index contributed by atoms with van der Waals surface area (Å²) in [7, 11) is 2.23. The van der Waals surface area contributed by atoms with E-state index in [2.05, 4.69) is 49.9 Å². The molecule has 1 rings (SSSR count). The number of piperazine rings is 1. The van der Waals surface area contributed by atoms with Crippen molar-refractivity contribution in [3.8, 4) is 0 Å². The zero-order valence-corrected chi connectivity index (χ0v) is 14.5. The highest BCUT2D eigenvalue weighted by Gasteiger charge is 2.25. The zero-order valence-electron chi connectivity index (χ0n) is 14.5. The van der Waals surface area contributed by atoms with Crippen molar-refractivity contribution in [1.29, 1.82) is 0 Å². The fraction of sp³-hybridized carbons (Fsp3) is 1.00. The van der Waals surface area contributed by atoms with Crippen LogP contribution in [-0.4, -0.2) is 61.7 Å². The molecule has 1 aliphatic rings. The van der Waals surface area contributed by atoms with Crippen molar-refractivity contribution < 1.29 is 0 Å². The van der Waals surface area contributed by atoms with Crippen molar-refractivity contribution in [1.82, 2.24) is 15.1 Å². The Morgan fingerprint density at radius 1 is 0.950 bits per heavy atom. The van der Waals surface area contributed by atoms with E-state index in [0.29, 0.717) is 6.04 Å². The van der Waals surface area contributed by atoms with E-state index in [-0.39, 0.29) is 0 Å². The van der Waals surface area contributed by atoms with E-state index in [1.165, 1.54) is 51.9 Å². The molecule has 0 aromatic carbocycles. The lowest BCUT2D eigenvalue weighted by Gasteiger charge is -2.40. The summed E-state index contributed by atoms with van der Waals surface area (Å²) < 4.78 is 0. The van der Waals surface area contributed by atoms with E-state index in [9.17, 15) is 0 Å². The first kappa shape index (κ1) is 17.9. The third-order valence-electron chi connectivity index (χ3n) is 4.67. The van der Waals surface area contributed by atoms with Gasteiger partial charge in [0.1, 0.15) is 0 Å². The Morgan fingerprint density at radius 3 is 1.95 bits per heavy atom. The van der Waals surface area contributed by atoms with Crippen LogP contribution in [0.1, 0.15) is 53.4 Å². The normalized spacial score (nSPS) is 19.9. The summed E-state index contributed by atoms with van der Waals surface area (Å²) in [6.45, 7) is 15.4. The molecule has 1 heterocycles. The van der Waals surface area contributed by atoms with Crippen LogP contribution in [0.2, 0.25) is 0 Å². The largest absolute Gasteiger partial charge is 0.312 e. The smallest absolute Gasteiger partial charge is 0.0244 e. The molecule has 0 spiro atoms. The van der Waals surface area contributed by atoms with Crippen molar-refractivity contribution in [2.45, 2.75) is 65.5 Å². The molecule has 0 saturated carbocycles. The summed E-state index contributed by atoms with van der Waals surface area (Å²) >= 11 is 0. The highest BCUT2D eigenvalue weighted by atomic mass is 15.3. The molecule has 3 heteroatoms.